The van der Waals surface area contributed by atoms with E-state index in [-0.39, 0.29) is 0 Å². The summed E-state index contributed by atoms with van der Waals surface area (Å²) in [7, 11) is 0. The molecule has 1 rings (SSSR count). The van der Waals surface area contributed by atoms with Crippen LogP contribution in [0.5, 0.6) is 0 Å². The third-order valence-corrected chi connectivity index (χ3v) is 4.60. The zero-order chi connectivity index (χ0) is 13.2. The van der Waals surface area contributed by atoms with E-state index in [1.54, 1.807) is 0 Å². The van der Waals surface area contributed by atoms with Crippen LogP contribution in [0.2, 0.25) is 0 Å². The van der Waals surface area contributed by atoms with E-state index < -0.39 is 0 Å². The van der Waals surface area contributed by atoms with E-state index in [0.29, 0.717) is 11.8 Å². The maximum absolute atomic E-state index is 12.0. The van der Waals surface area contributed by atoms with Crippen LogP contribution in [-0.4, -0.2) is 17.8 Å². The van der Waals surface area contributed by atoms with E-state index >= 15 is 0 Å². The Bertz CT molecular complexity index is 225. The van der Waals surface area contributed by atoms with Gasteiger partial charge in [-0.2, -0.15) is 0 Å². The largest absolute Gasteiger partial charge is 0.356 e. The van der Waals surface area contributed by atoms with Gasteiger partial charge >= 0.3 is 0 Å². The van der Waals surface area contributed by atoms with Crippen LogP contribution in [0.4, 0.5) is 0 Å². The monoisotopic (exact) mass is 317 g/mol. The Morgan fingerprint density at radius 2 is 1.89 bits per heavy atom. The molecule has 0 aromatic carbocycles. The Morgan fingerprint density at radius 3 is 2.50 bits per heavy atom. The predicted octanol–water partition coefficient (Wildman–Crippen LogP) is 4.27. The highest BCUT2D eigenvalue weighted by Gasteiger charge is 2.25. The molecule has 0 unspecified atom stereocenters. The molecule has 0 spiro atoms. The normalized spacial score (nSPS) is 23.9. The summed E-state index contributed by atoms with van der Waals surface area (Å²) < 4.78 is 0. The van der Waals surface area contributed by atoms with Gasteiger partial charge in [0, 0.05) is 17.8 Å². The van der Waals surface area contributed by atoms with Crippen molar-refractivity contribution in [2.24, 2.45) is 11.8 Å². The summed E-state index contributed by atoms with van der Waals surface area (Å²) in [5, 5.41) is 4.12. The molecule has 0 aromatic rings. The van der Waals surface area contributed by atoms with Crippen molar-refractivity contribution in [3.63, 3.8) is 0 Å². The van der Waals surface area contributed by atoms with E-state index in [1.807, 2.05) is 0 Å². The molecule has 1 aliphatic rings. The number of unbranched alkanes of at least 4 members (excludes halogenated alkanes) is 2. The first-order valence-electron chi connectivity index (χ1n) is 7.61. The second-order valence-electron chi connectivity index (χ2n) is 5.55. The highest BCUT2D eigenvalue weighted by atomic mass is 79.9. The minimum absolute atomic E-state index is 0.298. The summed E-state index contributed by atoms with van der Waals surface area (Å²) in [4.78, 5) is 12.0. The van der Waals surface area contributed by atoms with Crippen LogP contribution in [0, 0.1) is 11.8 Å². The standard InChI is InChI=1S/C15H28BrNO/c1-2-3-6-13-7-9-14(10-8-13)15(18)17-12-5-4-11-16/h13-14H,2-12H2,1H3,(H,17,18). The predicted molar refractivity (Wildman–Crippen MR) is 81.0 cm³/mol. The lowest BCUT2D eigenvalue weighted by Gasteiger charge is -2.27. The number of alkyl halides is 1. The fourth-order valence-electron chi connectivity index (χ4n) is 2.78. The quantitative estimate of drug-likeness (QED) is 0.525. The molecule has 1 amide bonds. The summed E-state index contributed by atoms with van der Waals surface area (Å²) >= 11 is 3.41. The SMILES string of the molecule is CCCCC1CCC(C(=O)NCCCCBr)CC1. The molecule has 0 atom stereocenters. The van der Waals surface area contributed by atoms with E-state index in [1.165, 1.54) is 32.1 Å². The number of rotatable bonds is 8. The lowest BCUT2D eigenvalue weighted by atomic mass is 9.79. The Balaban J connectivity index is 2.11. The first kappa shape index (κ1) is 16.0. The summed E-state index contributed by atoms with van der Waals surface area (Å²) in [6.45, 7) is 3.10. The molecule has 0 bridgehead atoms. The maximum atomic E-state index is 12.0. The number of amides is 1. The molecule has 1 aliphatic carbocycles. The highest BCUT2D eigenvalue weighted by molar-refractivity contribution is 9.09. The highest BCUT2D eigenvalue weighted by Crippen LogP contribution is 2.31. The van der Waals surface area contributed by atoms with Gasteiger partial charge in [0.15, 0.2) is 0 Å². The Hall–Kier alpha value is -0.0500. The summed E-state index contributed by atoms with van der Waals surface area (Å²) in [6.07, 6.45) is 11.0. The first-order valence-corrected chi connectivity index (χ1v) is 8.73. The number of halogens is 1. The lowest BCUT2D eigenvalue weighted by molar-refractivity contribution is -0.126. The average Bonchev–Trinajstić information content (AvgIpc) is 2.41. The number of hydrogen-bond donors (Lipinski definition) is 1. The van der Waals surface area contributed by atoms with E-state index in [9.17, 15) is 4.79 Å². The molecule has 2 nitrogen and oxygen atoms in total. The number of nitrogens with one attached hydrogen (secondary N) is 1. The Morgan fingerprint density at radius 1 is 1.17 bits per heavy atom. The van der Waals surface area contributed by atoms with Gasteiger partial charge in [-0.15, -0.1) is 0 Å². The van der Waals surface area contributed by atoms with Gasteiger partial charge in [-0.25, -0.2) is 0 Å². The third kappa shape index (κ3) is 6.21. The minimum Gasteiger partial charge on any atom is -0.356 e. The molecule has 3 heteroatoms. The summed E-state index contributed by atoms with van der Waals surface area (Å²) in [5.41, 5.74) is 0. The van der Waals surface area contributed by atoms with E-state index in [4.69, 9.17) is 0 Å². The summed E-state index contributed by atoms with van der Waals surface area (Å²) in [6, 6.07) is 0. The molecular formula is C15H28BrNO. The second kappa shape index (κ2) is 9.82. The van der Waals surface area contributed by atoms with Crippen molar-refractivity contribution >= 4 is 21.8 Å². The molecule has 0 aromatic heterocycles. The number of carbonyl (C=O) groups excluding carboxylic acids is 1. The summed E-state index contributed by atoms with van der Waals surface area (Å²) in [5.74, 6) is 1.49. The molecule has 0 heterocycles. The van der Waals surface area contributed by atoms with E-state index in [2.05, 4.69) is 28.2 Å². The fraction of sp³-hybridized carbons (Fsp3) is 0.933. The van der Waals surface area contributed by atoms with Crippen molar-refractivity contribution in [3.05, 3.63) is 0 Å². The molecule has 0 radical (unpaired) electrons. The van der Waals surface area contributed by atoms with Crippen LogP contribution in [-0.2, 0) is 4.79 Å². The smallest absolute Gasteiger partial charge is 0.223 e. The van der Waals surface area contributed by atoms with Gasteiger partial charge in [0.2, 0.25) is 5.91 Å². The molecule has 18 heavy (non-hydrogen) atoms. The third-order valence-electron chi connectivity index (χ3n) is 4.04. The lowest BCUT2D eigenvalue weighted by Crippen LogP contribution is -2.33. The van der Waals surface area contributed by atoms with E-state index in [0.717, 1.165) is 43.5 Å². The van der Waals surface area contributed by atoms with Gasteiger partial charge in [-0.3, -0.25) is 4.79 Å². The molecular weight excluding hydrogens is 290 g/mol. The zero-order valence-electron chi connectivity index (χ0n) is 11.7. The van der Waals surface area contributed by atoms with Crippen LogP contribution >= 0.6 is 15.9 Å². The fourth-order valence-corrected chi connectivity index (χ4v) is 3.18. The molecule has 1 saturated carbocycles. The van der Waals surface area contributed by atoms with Gasteiger partial charge in [-0.05, 0) is 44.4 Å². The van der Waals surface area contributed by atoms with Gasteiger partial charge in [0.25, 0.3) is 0 Å². The Kier molecular flexibility index (Phi) is 8.74. The van der Waals surface area contributed by atoms with Crippen LogP contribution in [0.3, 0.4) is 0 Å². The molecule has 106 valence electrons. The molecule has 0 aliphatic heterocycles. The van der Waals surface area contributed by atoms with Crippen LogP contribution in [0.15, 0.2) is 0 Å². The van der Waals surface area contributed by atoms with Crippen molar-refractivity contribution in [1.29, 1.82) is 0 Å². The molecule has 0 saturated heterocycles. The maximum Gasteiger partial charge on any atom is 0.223 e. The number of carbonyl (C=O) groups is 1. The zero-order valence-corrected chi connectivity index (χ0v) is 13.3. The van der Waals surface area contributed by atoms with Crippen molar-refractivity contribution in [2.45, 2.75) is 64.7 Å². The van der Waals surface area contributed by atoms with Crippen molar-refractivity contribution in [1.82, 2.24) is 5.32 Å². The minimum atomic E-state index is 0.298. The van der Waals surface area contributed by atoms with Gasteiger partial charge < -0.3 is 5.32 Å². The van der Waals surface area contributed by atoms with Crippen LogP contribution < -0.4 is 5.32 Å². The van der Waals surface area contributed by atoms with Crippen molar-refractivity contribution in [3.8, 4) is 0 Å². The van der Waals surface area contributed by atoms with Crippen LogP contribution in [0.1, 0.15) is 64.7 Å². The van der Waals surface area contributed by atoms with Crippen LogP contribution in [0.25, 0.3) is 0 Å². The Labute approximate surface area is 120 Å². The van der Waals surface area contributed by atoms with Gasteiger partial charge in [-0.1, -0.05) is 42.1 Å². The molecule has 1 fully saturated rings. The number of hydrogen-bond acceptors (Lipinski definition) is 1. The topological polar surface area (TPSA) is 29.1 Å². The second-order valence-corrected chi connectivity index (χ2v) is 6.34. The van der Waals surface area contributed by atoms with Crippen molar-refractivity contribution < 1.29 is 4.79 Å². The molecule has 1 N–H and O–H groups in total. The average molecular weight is 318 g/mol. The first-order chi connectivity index (χ1) is 8.77. The van der Waals surface area contributed by atoms with Gasteiger partial charge in [0.05, 0.1) is 0 Å². The van der Waals surface area contributed by atoms with Gasteiger partial charge in [0.1, 0.15) is 0 Å². The van der Waals surface area contributed by atoms with Crippen molar-refractivity contribution in [2.75, 3.05) is 11.9 Å².